The van der Waals surface area contributed by atoms with E-state index in [0.29, 0.717) is 3.39 Å². The SMILES string of the molecule is CC1(C)[C@H](C(=O)O[C@H](C#N)c2ccc(F)c(Oc3ccc(C(F)(F)F)cc3)c2)[C@@H]1C=C(Br)Br. The Morgan fingerprint density at radius 1 is 1.18 bits per heavy atom. The molecule has 3 rings (SSSR count). The van der Waals surface area contributed by atoms with E-state index in [-0.39, 0.29) is 28.4 Å². The van der Waals surface area contributed by atoms with Gasteiger partial charge in [-0.15, -0.1) is 0 Å². The highest BCUT2D eigenvalue weighted by Gasteiger charge is 2.61. The van der Waals surface area contributed by atoms with Crippen LogP contribution in [0.15, 0.2) is 51.9 Å². The van der Waals surface area contributed by atoms with Crippen molar-refractivity contribution in [1.29, 1.82) is 5.26 Å². The summed E-state index contributed by atoms with van der Waals surface area (Å²) in [6, 6.07) is 9.09. The van der Waals surface area contributed by atoms with Crippen molar-refractivity contribution in [3.05, 3.63) is 68.9 Å². The number of nitriles is 1. The molecule has 0 aromatic heterocycles. The molecule has 0 aliphatic heterocycles. The number of hydrogen-bond donors (Lipinski definition) is 0. The number of nitrogens with zero attached hydrogens (tertiary/aromatic N) is 1. The molecule has 174 valence electrons. The van der Waals surface area contributed by atoms with Crippen LogP contribution in [-0.2, 0) is 15.7 Å². The van der Waals surface area contributed by atoms with Gasteiger partial charge in [0, 0.05) is 5.56 Å². The molecule has 0 radical (unpaired) electrons. The molecule has 1 saturated carbocycles. The third-order valence-electron chi connectivity index (χ3n) is 5.49. The van der Waals surface area contributed by atoms with Gasteiger partial charge in [-0.3, -0.25) is 4.79 Å². The molecule has 0 unspecified atom stereocenters. The van der Waals surface area contributed by atoms with Gasteiger partial charge in [-0.2, -0.15) is 18.4 Å². The lowest BCUT2D eigenvalue weighted by Gasteiger charge is -2.14. The van der Waals surface area contributed by atoms with E-state index in [1.165, 1.54) is 12.1 Å². The molecule has 0 spiro atoms. The Bertz CT molecular complexity index is 1120. The van der Waals surface area contributed by atoms with Gasteiger partial charge in [0.05, 0.1) is 14.9 Å². The zero-order valence-corrected chi connectivity index (χ0v) is 20.5. The van der Waals surface area contributed by atoms with Crippen LogP contribution in [0.4, 0.5) is 17.6 Å². The molecule has 2 aromatic carbocycles. The minimum absolute atomic E-state index is 0.0285. The monoisotopic (exact) mass is 589 g/mol. The van der Waals surface area contributed by atoms with E-state index < -0.39 is 35.5 Å². The molecular weight excluding hydrogens is 574 g/mol. The van der Waals surface area contributed by atoms with Crippen LogP contribution in [0.1, 0.15) is 31.1 Å². The van der Waals surface area contributed by atoms with Crippen molar-refractivity contribution >= 4 is 37.8 Å². The van der Waals surface area contributed by atoms with Crippen LogP contribution >= 0.6 is 31.9 Å². The van der Waals surface area contributed by atoms with E-state index in [4.69, 9.17) is 9.47 Å². The van der Waals surface area contributed by atoms with Gasteiger partial charge in [0.1, 0.15) is 11.8 Å². The van der Waals surface area contributed by atoms with Gasteiger partial charge in [-0.05, 0) is 79.6 Å². The molecule has 0 N–H and O–H groups in total. The molecule has 0 heterocycles. The normalized spacial score (nSPS) is 19.7. The van der Waals surface area contributed by atoms with Crippen LogP contribution in [-0.4, -0.2) is 5.97 Å². The summed E-state index contributed by atoms with van der Waals surface area (Å²) in [6.07, 6.45) is -3.99. The maximum atomic E-state index is 14.3. The predicted octanol–water partition coefficient (Wildman–Crippen LogP) is 7.65. The summed E-state index contributed by atoms with van der Waals surface area (Å²) >= 11 is 6.54. The molecule has 2 aromatic rings. The van der Waals surface area contributed by atoms with Crippen LogP contribution in [0.3, 0.4) is 0 Å². The average molecular weight is 591 g/mol. The van der Waals surface area contributed by atoms with Crippen molar-refractivity contribution < 1.29 is 31.8 Å². The lowest BCUT2D eigenvalue weighted by molar-refractivity contribution is -0.149. The van der Waals surface area contributed by atoms with Crippen molar-refractivity contribution in [3.8, 4) is 17.6 Å². The highest BCUT2D eigenvalue weighted by molar-refractivity contribution is 9.28. The fraction of sp³-hybridized carbons (Fsp3) is 0.304. The quantitative estimate of drug-likeness (QED) is 0.256. The smallest absolute Gasteiger partial charge is 0.416 e. The number of rotatable bonds is 6. The number of carbonyl (C=O) groups is 1. The van der Waals surface area contributed by atoms with E-state index in [0.717, 1.165) is 30.3 Å². The lowest BCUT2D eigenvalue weighted by atomic mass is 10.1. The largest absolute Gasteiger partial charge is 0.454 e. The third kappa shape index (κ3) is 5.76. The lowest BCUT2D eigenvalue weighted by Crippen LogP contribution is -2.14. The number of halogens is 6. The van der Waals surface area contributed by atoms with E-state index in [2.05, 4.69) is 31.9 Å². The summed E-state index contributed by atoms with van der Waals surface area (Å²) < 4.78 is 63.8. The van der Waals surface area contributed by atoms with Crippen LogP contribution in [0.25, 0.3) is 0 Å². The van der Waals surface area contributed by atoms with Crippen LogP contribution < -0.4 is 4.74 Å². The number of benzene rings is 2. The van der Waals surface area contributed by atoms with E-state index in [1.54, 1.807) is 0 Å². The fourth-order valence-corrected chi connectivity index (χ4v) is 4.10. The Hall–Kier alpha value is -2.38. The molecular formula is C23H17Br2F4NO3. The number of ether oxygens (including phenoxy) is 2. The van der Waals surface area contributed by atoms with E-state index in [9.17, 15) is 27.6 Å². The maximum absolute atomic E-state index is 14.3. The zero-order chi connectivity index (χ0) is 24.6. The Labute approximate surface area is 204 Å². The minimum Gasteiger partial charge on any atom is -0.454 e. The second-order valence-corrected chi connectivity index (χ2v) is 10.8. The molecule has 0 saturated heterocycles. The van der Waals surface area contributed by atoms with Crippen molar-refractivity contribution in [2.45, 2.75) is 26.1 Å². The van der Waals surface area contributed by atoms with Crippen LogP contribution in [0, 0.1) is 34.4 Å². The molecule has 1 fully saturated rings. The third-order valence-corrected chi connectivity index (χ3v) is 6.02. The average Bonchev–Trinajstić information content (AvgIpc) is 3.26. The number of esters is 1. The van der Waals surface area contributed by atoms with Crippen molar-refractivity contribution in [1.82, 2.24) is 0 Å². The van der Waals surface area contributed by atoms with E-state index >= 15 is 0 Å². The molecule has 1 aliphatic carbocycles. The van der Waals surface area contributed by atoms with Crippen LogP contribution in [0.5, 0.6) is 11.5 Å². The molecule has 0 amide bonds. The predicted molar refractivity (Wildman–Crippen MR) is 119 cm³/mol. The van der Waals surface area contributed by atoms with Crippen LogP contribution in [0.2, 0.25) is 0 Å². The topological polar surface area (TPSA) is 59.3 Å². The molecule has 10 heteroatoms. The molecule has 3 atom stereocenters. The Balaban J connectivity index is 1.76. The zero-order valence-electron chi connectivity index (χ0n) is 17.3. The first-order chi connectivity index (χ1) is 15.3. The first kappa shape index (κ1) is 25.2. The minimum atomic E-state index is -4.51. The number of hydrogen-bond acceptors (Lipinski definition) is 4. The summed E-state index contributed by atoms with van der Waals surface area (Å²) in [4.78, 5) is 12.7. The van der Waals surface area contributed by atoms with Gasteiger partial charge in [0.2, 0.25) is 6.10 Å². The second-order valence-electron chi connectivity index (χ2n) is 8.04. The summed E-state index contributed by atoms with van der Waals surface area (Å²) in [7, 11) is 0. The van der Waals surface area contributed by atoms with Crippen molar-refractivity contribution in [3.63, 3.8) is 0 Å². The molecule has 1 aliphatic rings. The fourth-order valence-electron chi connectivity index (χ4n) is 3.53. The summed E-state index contributed by atoms with van der Waals surface area (Å²) in [5.74, 6) is -2.26. The number of carbonyl (C=O) groups excluding carboxylic acids is 1. The number of alkyl halides is 3. The molecule has 4 nitrogen and oxygen atoms in total. The second kappa shape index (κ2) is 9.47. The standard InChI is InChI=1S/C23H17Br2F4NO3/c1-22(2)15(10-19(24)25)20(22)21(31)33-18(11-30)12-3-8-16(26)17(9-12)32-14-6-4-13(5-7-14)23(27,28)29/h3-10,15,18,20H,1-2H3/t15-,18+,20-/m0/s1. The highest BCUT2D eigenvalue weighted by atomic mass is 79.9. The Morgan fingerprint density at radius 2 is 1.82 bits per heavy atom. The van der Waals surface area contributed by atoms with Gasteiger partial charge in [0.25, 0.3) is 0 Å². The summed E-state index contributed by atoms with van der Waals surface area (Å²) in [5.41, 5.74) is -1.06. The first-order valence-electron chi connectivity index (χ1n) is 9.62. The maximum Gasteiger partial charge on any atom is 0.416 e. The first-order valence-corrected chi connectivity index (χ1v) is 11.2. The molecule has 0 bridgehead atoms. The molecule has 33 heavy (non-hydrogen) atoms. The Morgan fingerprint density at radius 3 is 2.36 bits per heavy atom. The van der Waals surface area contributed by atoms with Gasteiger partial charge < -0.3 is 9.47 Å². The van der Waals surface area contributed by atoms with Gasteiger partial charge in [-0.25, -0.2) is 4.39 Å². The number of allylic oxidation sites excluding steroid dienone is 1. The van der Waals surface area contributed by atoms with Crippen molar-refractivity contribution in [2.75, 3.05) is 0 Å². The van der Waals surface area contributed by atoms with E-state index in [1.807, 2.05) is 26.0 Å². The van der Waals surface area contributed by atoms with Crippen molar-refractivity contribution in [2.24, 2.45) is 17.3 Å². The van der Waals surface area contributed by atoms with Gasteiger partial charge in [0.15, 0.2) is 11.6 Å². The Kier molecular flexibility index (Phi) is 7.24. The summed E-state index contributed by atoms with van der Waals surface area (Å²) in [6.45, 7) is 3.80. The highest BCUT2D eigenvalue weighted by Crippen LogP contribution is 2.60. The summed E-state index contributed by atoms with van der Waals surface area (Å²) in [5, 5.41) is 9.53. The van der Waals surface area contributed by atoms with Gasteiger partial charge >= 0.3 is 12.1 Å². The van der Waals surface area contributed by atoms with Gasteiger partial charge in [-0.1, -0.05) is 26.0 Å².